The third-order valence-electron chi connectivity index (χ3n) is 3.76. The minimum atomic E-state index is -0.221. The number of hydrogen-bond acceptors (Lipinski definition) is 3. The van der Waals surface area contributed by atoms with Crippen LogP contribution in [0.5, 0.6) is 0 Å². The van der Waals surface area contributed by atoms with Crippen molar-refractivity contribution < 1.29 is 4.39 Å². The summed E-state index contributed by atoms with van der Waals surface area (Å²) < 4.78 is 17.4. The first-order valence-corrected chi connectivity index (χ1v) is 8.10. The average molecular weight is 342 g/mol. The highest BCUT2D eigenvalue weighted by Gasteiger charge is 2.10. The van der Waals surface area contributed by atoms with Gasteiger partial charge in [0, 0.05) is 12.2 Å². The number of hydrogen-bond donors (Lipinski definition) is 0. The molecule has 0 N–H and O–H groups in total. The molecule has 0 unspecified atom stereocenters. The van der Waals surface area contributed by atoms with Crippen LogP contribution in [0.4, 0.5) is 4.39 Å². The van der Waals surface area contributed by atoms with Crippen LogP contribution >= 0.6 is 12.2 Å². The maximum atomic E-state index is 13.0. The molecule has 0 fully saturated rings. The van der Waals surface area contributed by atoms with Gasteiger partial charge in [0.2, 0.25) is 4.77 Å². The predicted octanol–water partition coefficient (Wildman–Crippen LogP) is 3.94. The van der Waals surface area contributed by atoms with Crippen LogP contribution in [-0.4, -0.2) is 26.3 Å². The van der Waals surface area contributed by atoms with Crippen molar-refractivity contribution in [2.24, 2.45) is 0 Å². The number of rotatable bonds is 5. The van der Waals surface area contributed by atoms with E-state index in [1.54, 1.807) is 16.8 Å². The van der Waals surface area contributed by atoms with Gasteiger partial charge in [-0.2, -0.15) is 5.10 Å². The Morgan fingerprint density at radius 2 is 1.75 bits per heavy atom. The quantitative estimate of drug-likeness (QED) is 0.657. The zero-order valence-corrected chi connectivity index (χ0v) is 14.5. The van der Waals surface area contributed by atoms with Crippen LogP contribution in [0.2, 0.25) is 0 Å². The van der Waals surface area contributed by atoms with Crippen molar-refractivity contribution in [1.82, 2.24) is 19.2 Å². The van der Waals surface area contributed by atoms with Crippen molar-refractivity contribution in [2.75, 3.05) is 7.05 Å². The summed E-state index contributed by atoms with van der Waals surface area (Å²) in [5, 5.41) is 4.56. The molecule has 3 aromatic rings. The maximum Gasteiger partial charge on any atom is 0.203 e. The molecule has 1 heterocycles. The van der Waals surface area contributed by atoms with E-state index < -0.39 is 0 Å². The number of benzene rings is 2. The van der Waals surface area contributed by atoms with E-state index in [1.165, 1.54) is 12.1 Å². The molecule has 0 amide bonds. The van der Waals surface area contributed by atoms with Gasteiger partial charge in [-0.05, 0) is 56.0 Å². The van der Waals surface area contributed by atoms with Gasteiger partial charge in [-0.15, -0.1) is 0 Å². The van der Waals surface area contributed by atoms with Gasteiger partial charge in [-0.1, -0.05) is 30.3 Å². The Balaban J connectivity index is 1.78. The van der Waals surface area contributed by atoms with Crippen LogP contribution in [0.1, 0.15) is 11.4 Å². The Bertz CT molecular complexity index is 868. The van der Waals surface area contributed by atoms with Crippen molar-refractivity contribution in [1.29, 1.82) is 0 Å². The summed E-state index contributed by atoms with van der Waals surface area (Å²) in [5.74, 6) is 0.627. The molecule has 0 bridgehead atoms. The lowest BCUT2D eigenvalue weighted by Gasteiger charge is -2.16. The van der Waals surface area contributed by atoms with Crippen LogP contribution in [0, 0.1) is 17.5 Å². The van der Waals surface area contributed by atoms with Gasteiger partial charge >= 0.3 is 0 Å². The van der Waals surface area contributed by atoms with Crippen LogP contribution in [0.15, 0.2) is 54.6 Å². The lowest BCUT2D eigenvalue weighted by molar-refractivity contribution is 0.243. The summed E-state index contributed by atoms with van der Waals surface area (Å²) in [6, 6.07) is 16.5. The number of halogens is 1. The van der Waals surface area contributed by atoms with E-state index in [0.29, 0.717) is 18.0 Å². The summed E-state index contributed by atoms with van der Waals surface area (Å²) in [4.78, 5) is 2.09. The zero-order valence-electron chi connectivity index (χ0n) is 13.7. The molecule has 0 saturated heterocycles. The van der Waals surface area contributed by atoms with Gasteiger partial charge in [0.25, 0.3) is 0 Å². The highest BCUT2D eigenvalue weighted by molar-refractivity contribution is 7.71. The van der Waals surface area contributed by atoms with Crippen molar-refractivity contribution in [3.8, 4) is 5.69 Å². The van der Waals surface area contributed by atoms with Crippen LogP contribution in [0.25, 0.3) is 5.69 Å². The summed E-state index contributed by atoms with van der Waals surface area (Å²) in [7, 11) is 1.99. The van der Waals surface area contributed by atoms with Gasteiger partial charge in [0.1, 0.15) is 11.6 Å². The van der Waals surface area contributed by atoms with Crippen molar-refractivity contribution in [3.05, 3.63) is 76.6 Å². The summed E-state index contributed by atoms with van der Waals surface area (Å²) >= 11 is 5.58. The van der Waals surface area contributed by atoms with Crippen molar-refractivity contribution in [3.63, 3.8) is 0 Å². The van der Waals surface area contributed by atoms with Crippen molar-refractivity contribution in [2.45, 2.75) is 20.1 Å². The second-order valence-electron chi connectivity index (χ2n) is 5.78. The molecule has 0 aliphatic carbocycles. The fourth-order valence-electron chi connectivity index (χ4n) is 2.66. The minimum Gasteiger partial charge on any atom is -0.283 e. The first kappa shape index (κ1) is 16.5. The molecule has 0 aliphatic rings. The molecule has 24 heavy (non-hydrogen) atoms. The maximum absolute atomic E-state index is 13.0. The molecule has 124 valence electrons. The van der Waals surface area contributed by atoms with Gasteiger partial charge in [0.05, 0.1) is 6.67 Å². The standard InChI is InChI=1S/C18H19FN4S/c1-14-20-22(18(24)23(14)17-6-4-3-5-7-17)13-21(2)12-15-8-10-16(19)11-9-15/h3-11H,12-13H2,1-2H3. The lowest BCUT2D eigenvalue weighted by Crippen LogP contribution is -2.22. The molecule has 0 saturated carbocycles. The number of aromatic nitrogens is 3. The molecule has 0 radical (unpaired) electrons. The van der Waals surface area contributed by atoms with Crippen LogP contribution in [-0.2, 0) is 13.2 Å². The third kappa shape index (κ3) is 3.60. The van der Waals surface area contributed by atoms with Gasteiger partial charge in [-0.3, -0.25) is 9.47 Å². The Kier molecular flexibility index (Phi) is 4.87. The molecular weight excluding hydrogens is 323 g/mol. The lowest BCUT2D eigenvalue weighted by atomic mass is 10.2. The van der Waals surface area contributed by atoms with Gasteiger partial charge < -0.3 is 0 Å². The normalized spacial score (nSPS) is 11.2. The zero-order chi connectivity index (χ0) is 17.1. The van der Waals surface area contributed by atoms with E-state index in [9.17, 15) is 4.39 Å². The number of nitrogens with zero attached hydrogens (tertiary/aromatic N) is 4. The molecule has 4 nitrogen and oxygen atoms in total. The smallest absolute Gasteiger partial charge is 0.203 e. The molecular formula is C18H19FN4S. The third-order valence-corrected chi connectivity index (χ3v) is 4.15. The second kappa shape index (κ2) is 7.07. The first-order valence-electron chi connectivity index (χ1n) is 7.69. The first-order chi connectivity index (χ1) is 11.5. The highest BCUT2D eigenvalue weighted by Crippen LogP contribution is 2.12. The van der Waals surface area contributed by atoms with Gasteiger partial charge in [-0.25, -0.2) is 9.07 Å². The molecule has 2 aromatic carbocycles. The molecule has 0 spiro atoms. The number of aryl methyl sites for hydroxylation is 1. The minimum absolute atomic E-state index is 0.221. The van der Waals surface area contributed by atoms with Gasteiger partial charge in [0.15, 0.2) is 0 Å². The van der Waals surface area contributed by atoms with Crippen molar-refractivity contribution >= 4 is 12.2 Å². The second-order valence-corrected chi connectivity index (χ2v) is 6.15. The Labute approximate surface area is 145 Å². The van der Waals surface area contributed by atoms with E-state index in [4.69, 9.17) is 12.2 Å². The molecule has 0 aliphatic heterocycles. The fraction of sp³-hybridized carbons (Fsp3) is 0.222. The monoisotopic (exact) mass is 342 g/mol. The van der Waals surface area contributed by atoms with E-state index >= 15 is 0 Å². The Hall–Kier alpha value is -2.31. The molecule has 1 aromatic heterocycles. The fourth-order valence-corrected chi connectivity index (χ4v) is 3.00. The Morgan fingerprint density at radius 3 is 2.42 bits per heavy atom. The summed E-state index contributed by atoms with van der Waals surface area (Å²) in [6.07, 6.45) is 0. The topological polar surface area (TPSA) is 26.0 Å². The van der Waals surface area contributed by atoms with E-state index in [1.807, 2.05) is 48.9 Å². The van der Waals surface area contributed by atoms with Crippen LogP contribution < -0.4 is 0 Å². The molecule has 3 rings (SSSR count). The predicted molar refractivity (Wildman–Crippen MR) is 95.0 cm³/mol. The molecule has 0 atom stereocenters. The SMILES string of the molecule is Cc1nn(CN(C)Cc2ccc(F)cc2)c(=S)n1-c1ccccc1. The Morgan fingerprint density at radius 1 is 1.08 bits per heavy atom. The van der Waals surface area contributed by atoms with E-state index in [2.05, 4.69) is 10.00 Å². The average Bonchev–Trinajstić information content (AvgIpc) is 2.84. The summed E-state index contributed by atoms with van der Waals surface area (Å²) in [6.45, 7) is 3.20. The highest BCUT2D eigenvalue weighted by atomic mass is 32.1. The van der Waals surface area contributed by atoms with E-state index in [0.717, 1.165) is 17.1 Å². The summed E-state index contributed by atoms with van der Waals surface area (Å²) in [5.41, 5.74) is 2.05. The molecule has 6 heteroatoms. The largest absolute Gasteiger partial charge is 0.283 e. The van der Waals surface area contributed by atoms with E-state index in [-0.39, 0.29) is 5.82 Å². The van der Waals surface area contributed by atoms with Crippen LogP contribution in [0.3, 0.4) is 0 Å². The number of para-hydroxylation sites is 1.